The molecule has 0 saturated carbocycles. The molecule has 2 aliphatic rings. The Kier molecular flexibility index (Phi) is 7.31. The van der Waals surface area contributed by atoms with Gasteiger partial charge in [-0.2, -0.15) is 8.42 Å². The van der Waals surface area contributed by atoms with Crippen molar-refractivity contribution in [1.29, 1.82) is 0 Å². The minimum Gasteiger partial charge on any atom is -0.506 e. The van der Waals surface area contributed by atoms with E-state index in [0.29, 0.717) is 12.0 Å². The highest BCUT2D eigenvalue weighted by Crippen LogP contribution is 2.45. The van der Waals surface area contributed by atoms with Gasteiger partial charge in [0.15, 0.2) is 11.4 Å². The zero-order valence-electron chi connectivity index (χ0n) is 21.4. The average molecular weight is 577 g/mol. The fourth-order valence-electron chi connectivity index (χ4n) is 4.52. The summed E-state index contributed by atoms with van der Waals surface area (Å²) in [6.45, 7) is 3.29. The zero-order chi connectivity index (χ0) is 28.8. The van der Waals surface area contributed by atoms with Crippen molar-refractivity contribution in [3.05, 3.63) is 59.2 Å². The maximum absolute atomic E-state index is 14.2. The first-order chi connectivity index (χ1) is 18.1. The lowest BCUT2D eigenvalue weighted by atomic mass is 9.73. The molecule has 0 bridgehead atoms. The first-order valence-electron chi connectivity index (χ1n) is 11.9. The van der Waals surface area contributed by atoms with Crippen LogP contribution in [0.2, 0.25) is 0 Å². The standard InChI is InChI=1S/C25H28N4O8S2/c1-14(2)10-11-25(37-13-20(26)30)17-7-5-4-6-16(17)22(31)21(23(25)32)24-27-18-9-8-15(28-38(3,33)34)12-19(18)39(35,36)29-24/h4-9,12,14,28,31H,10-11,13H2,1-3H3,(H2,26,30)(H,27,29). The number of rotatable bonds is 9. The van der Waals surface area contributed by atoms with Crippen molar-refractivity contribution in [2.45, 2.75) is 37.2 Å². The molecule has 14 heteroatoms. The normalized spacial score (nSPS) is 20.1. The molecule has 1 unspecified atom stereocenters. The third-order valence-corrected chi connectivity index (χ3v) is 8.17. The van der Waals surface area contributed by atoms with Crippen LogP contribution in [0.4, 0.5) is 11.4 Å². The molecule has 2 aromatic rings. The Morgan fingerprint density at radius 3 is 2.56 bits per heavy atom. The van der Waals surface area contributed by atoms with Crippen LogP contribution in [0.25, 0.3) is 5.76 Å². The van der Waals surface area contributed by atoms with Crippen molar-refractivity contribution < 1.29 is 36.3 Å². The minimum atomic E-state index is -4.45. The van der Waals surface area contributed by atoms with E-state index in [2.05, 4.69) is 14.4 Å². The van der Waals surface area contributed by atoms with E-state index >= 15 is 0 Å². The summed E-state index contributed by atoms with van der Waals surface area (Å²) in [5, 5.41) is 14.0. The highest BCUT2D eigenvalue weighted by atomic mass is 32.2. The molecular formula is C25H28N4O8S2. The van der Waals surface area contributed by atoms with Crippen LogP contribution in [-0.2, 0) is 40.0 Å². The molecule has 0 aromatic heterocycles. The van der Waals surface area contributed by atoms with Gasteiger partial charge in [-0.1, -0.05) is 38.1 Å². The summed E-state index contributed by atoms with van der Waals surface area (Å²) in [5.74, 6) is -2.43. The number of nitrogens with one attached hydrogen (secondary N) is 2. The number of aliphatic hydroxyl groups is 1. The van der Waals surface area contributed by atoms with Crippen LogP contribution in [0.1, 0.15) is 37.8 Å². The number of carbonyl (C=O) groups is 2. The molecule has 1 aliphatic heterocycles. The van der Waals surface area contributed by atoms with Gasteiger partial charge in [0, 0.05) is 16.8 Å². The first-order valence-corrected chi connectivity index (χ1v) is 15.2. The van der Waals surface area contributed by atoms with E-state index in [9.17, 15) is 31.5 Å². The predicted octanol–water partition coefficient (Wildman–Crippen LogP) is 2.26. The number of ether oxygens (including phenoxy) is 1. The fraction of sp³-hybridized carbons (Fsp3) is 0.320. The van der Waals surface area contributed by atoms with Crippen molar-refractivity contribution in [3.8, 4) is 0 Å². The van der Waals surface area contributed by atoms with Gasteiger partial charge in [0.05, 0.1) is 11.9 Å². The number of hydrogen-bond donors (Lipinski definition) is 4. The molecule has 0 radical (unpaired) electrons. The Balaban J connectivity index is 1.88. The lowest BCUT2D eigenvalue weighted by molar-refractivity contribution is -0.149. The van der Waals surface area contributed by atoms with Gasteiger partial charge in [-0.25, -0.2) is 8.42 Å². The third-order valence-electron chi connectivity index (χ3n) is 6.25. The summed E-state index contributed by atoms with van der Waals surface area (Å²) < 4.78 is 61.4. The minimum absolute atomic E-state index is 0.00226. The molecule has 1 aliphatic carbocycles. The van der Waals surface area contributed by atoms with E-state index in [1.165, 1.54) is 12.1 Å². The number of hydrogen-bond acceptors (Lipinski definition) is 9. The molecule has 1 amide bonds. The van der Waals surface area contributed by atoms with E-state index in [0.717, 1.165) is 12.3 Å². The molecule has 0 spiro atoms. The molecular weight excluding hydrogens is 548 g/mol. The quantitative estimate of drug-likeness (QED) is 0.346. The lowest BCUT2D eigenvalue weighted by Crippen LogP contribution is -2.47. The molecule has 2 aromatic carbocycles. The van der Waals surface area contributed by atoms with E-state index in [1.54, 1.807) is 24.3 Å². The highest BCUT2D eigenvalue weighted by molar-refractivity contribution is 7.92. The van der Waals surface area contributed by atoms with E-state index in [-0.39, 0.29) is 34.2 Å². The van der Waals surface area contributed by atoms with Crippen LogP contribution >= 0.6 is 0 Å². The van der Waals surface area contributed by atoms with Crippen molar-refractivity contribution in [2.24, 2.45) is 16.0 Å². The fourth-order valence-corrected chi connectivity index (χ4v) is 6.23. The Morgan fingerprint density at radius 1 is 1.23 bits per heavy atom. The summed E-state index contributed by atoms with van der Waals surface area (Å²) in [4.78, 5) is 25.5. The van der Waals surface area contributed by atoms with Crippen LogP contribution in [0.5, 0.6) is 0 Å². The predicted molar refractivity (Wildman–Crippen MR) is 145 cm³/mol. The number of primary amides is 1. The Labute approximate surface area is 226 Å². The number of benzene rings is 2. The average Bonchev–Trinajstić information content (AvgIpc) is 2.83. The number of ketones is 1. The van der Waals surface area contributed by atoms with Crippen LogP contribution in [0, 0.1) is 5.92 Å². The maximum Gasteiger partial charge on any atom is 0.286 e. The van der Waals surface area contributed by atoms with Crippen molar-refractivity contribution >= 4 is 54.7 Å². The van der Waals surface area contributed by atoms with Gasteiger partial charge in [0.2, 0.25) is 21.7 Å². The number of amides is 1. The number of nitrogens with zero attached hydrogens (tertiary/aromatic N) is 1. The van der Waals surface area contributed by atoms with Crippen LogP contribution in [0.3, 0.4) is 0 Å². The van der Waals surface area contributed by atoms with Gasteiger partial charge in [-0.15, -0.1) is 4.40 Å². The summed E-state index contributed by atoms with van der Waals surface area (Å²) >= 11 is 0. The molecule has 4 rings (SSSR count). The molecule has 39 heavy (non-hydrogen) atoms. The third kappa shape index (κ3) is 5.53. The number of nitrogens with two attached hydrogens (primary N) is 1. The molecule has 208 valence electrons. The maximum atomic E-state index is 14.2. The smallest absolute Gasteiger partial charge is 0.286 e. The lowest BCUT2D eigenvalue weighted by Gasteiger charge is -2.39. The topological polar surface area (TPSA) is 194 Å². The highest BCUT2D eigenvalue weighted by Gasteiger charge is 2.51. The largest absolute Gasteiger partial charge is 0.506 e. The number of fused-ring (bicyclic) bond motifs is 2. The van der Waals surface area contributed by atoms with E-state index in [1.807, 2.05) is 13.8 Å². The van der Waals surface area contributed by atoms with Crippen LogP contribution in [0.15, 0.2) is 57.3 Å². The molecule has 1 atom stereocenters. The number of sulfonamides is 2. The van der Waals surface area contributed by atoms with Gasteiger partial charge in [-0.05, 0) is 37.0 Å². The summed E-state index contributed by atoms with van der Waals surface area (Å²) in [7, 11) is -8.13. The second-order valence-corrected chi connectivity index (χ2v) is 13.1. The SMILES string of the molecule is CC(C)CCC1(OCC(N)=O)C(=O)C(C2=NS(=O)(=O)c3cc(NS(C)(=O)=O)ccc3N2)=C(O)c2ccccc21. The van der Waals surface area contributed by atoms with Crippen molar-refractivity contribution in [2.75, 3.05) is 22.9 Å². The number of anilines is 2. The number of Topliss-reactive ketones (excluding diaryl/α,β-unsaturated/α-hetero) is 1. The van der Waals surface area contributed by atoms with Crippen LogP contribution in [-0.4, -0.2) is 52.3 Å². The Morgan fingerprint density at radius 2 is 1.92 bits per heavy atom. The zero-order valence-corrected chi connectivity index (χ0v) is 23.0. The summed E-state index contributed by atoms with van der Waals surface area (Å²) in [5.41, 5.74) is 3.68. The number of amidine groups is 1. The van der Waals surface area contributed by atoms with Crippen molar-refractivity contribution in [3.63, 3.8) is 0 Å². The molecule has 0 saturated heterocycles. The van der Waals surface area contributed by atoms with E-state index in [4.69, 9.17) is 10.5 Å². The van der Waals surface area contributed by atoms with Gasteiger partial charge in [0.1, 0.15) is 22.8 Å². The molecule has 12 nitrogen and oxygen atoms in total. The Hall–Kier alpha value is -3.75. The molecule has 0 fully saturated rings. The molecule has 5 N–H and O–H groups in total. The van der Waals surface area contributed by atoms with Gasteiger partial charge in [0.25, 0.3) is 10.0 Å². The van der Waals surface area contributed by atoms with Crippen LogP contribution < -0.4 is 15.8 Å². The number of aliphatic hydroxyl groups excluding tert-OH is 1. The second kappa shape index (κ2) is 10.1. The van der Waals surface area contributed by atoms with Gasteiger partial charge in [-0.3, -0.25) is 14.3 Å². The number of carbonyl (C=O) groups excluding carboxylic acids is 2. The van der Waals surface area contributed by atoms with Gasteiger partial charge < -0.3 is 20.9 Å². The summed E-state index contributed by atoms with van der Waals surface area (Å²) in [6.07, 6.45) is 1.52. The van der Waals surface area contributed by atoms with Crippen molar-refractivity contribution in [1.82, 2.24) is 0 Å². The van der Waals surface area contributed by atoms with Gasteiger partial charge >= 0.3 is 0 Å². The monoisotopic (exact) mass is 576 g/mol. The van der Waals surface area contributed by atoms with E-state index < -0.39 is 61.1 Å². The molecule has 1 heterocycles. The Bertz CT molecular complexity index is 1650. The first kappa shape index (κ1) is 28.3. The summed E-state index contributed by atoms with van der Waals surface area (Å²) in [6, 6.07) is 10.2. The second-order valence-electron chi connectivity index (χ2n) is 9.74.